The van der Waals surface area contributed by atoms with Crippen LogP contribution in [0.15, 0.2) is 64.4 Å². The number of ether oxygens (including phenoxy) is 2. The van der Waals surface area contributed by atoms with E-state index in [-0.39, 0.29) is 24.8 Å². The summed E-state index contributed by atoms with van der Waals surface area (Å²) < 4.78 is 16.3. The summed E-state index contributed by atoms with van der Waals surface area (Å²) in [5.41, 5.74) is 0.544. The van der Waals surface area contributed by atoms with Crippen LogP contribution in [0.4, 0.5) is 5.13 Å². The Morgan fingerprint density at radius 1 is 1.10 bits per heavy atom. The number of carbonyl (C=O) groups is 2. The highest BCUT2D eigenvalue weighted by Crippen LogP contribution is 2.22. The number of nitrogens with zero attached hydrogens (tertiary/aromatic N) is 1. The normalized spacial score (nSPS) is 10.7. The van der Waals surface area contributed by atoms with Gasteiger partial charge in [0.2, 0.25) is 0 Å². The van der Waals surface area contributed by atoms with Crippen LogP contribution < -0.4 is 10.1 Å². The van der Waals surface area contributed by atoms with E-state index in [1.807, 2.05) is 42.5 Å². The summed E-state index contributed by atoms with van der Waals surface area (Å²) in [7, 11) is 0. The maximum Gasteiger partial charge on any atom is 0.311 e. The molecule has 0 saturated heterocycles. The third kappa shape index (κ3) is 5.29. The van der Waals surface area contributed by atoms with Gasteiger partial charge in [-0.05, 0) is 42.0 Å². The number of nitrogens with one attached hydrogen (secondary N) is 1. The highest BCUT2D eigenvalue weighted by atomic mass is 32.1. The Labute approximate surface area is 182 Å². The molecule has 7 nitrogen and oxygen atoms in total. The molecular formula is C23H20N2O5S. The summed E-state index contributed by atoms with van der Waals surface area (Å²) in [6.07, 6.45) is 0.0667. The molecule has 0 aliphatic rings. The largest absolute Gasteiger partial charge is 0.486 e. The van der Waals surface area contributed by atoms with Gasteiger partial charge in [-0.2, -0.15) is 0 Å². The Kier molecular flexibility index (Phi) is 6.28. The fourth-order valence-corrected chi connectivity index (χ4v) is 3.66. The average Bonchev–Trinajstić information content (AvgIpc) is 3.42. The van der Waals surface area contributed by atoms with E-state index in [2.05, 4.69) is 10.3 Å². The third-order valence-corrected chi connectivity index (χ3v) is 5.20. The zero-order chi connectivity index (χ0) is 21.6. The maximum absolute atomic E-state index is 12.4. The number of hydrogen-bond acceptors (Lipinski definition) is 7. The molecule has 2 aromatic heterocycles. The lowest BCUT2D eigenvalue weighted by Gasteiger charge is -2.05. The molecule has 0 aliphatic carbocycles. The van der Waals surface area contributed by atoms with E-state index in [0.717, 1.165) is 16.5 Å². The first-order valence-electron chi connectivity index (χ1n) is 9.72. The van der Waals surface area contributed by atoms with Gasteiger partial charge in [-0.15, -0.1) is 11.3 Å². The predicted octanol–water partition coefficient (Wildman–Crippen LogP) is 4.83. The minimum atomic E-state index is -0.422. The lowest BCUT2D eigenvalue weighted by molar-refractivity contribution is -0.142. The molecule has 0 fully saturated rings. The molecule has 31 heavy (non-hydrogen) atoms. The average molecular weight is 436 g/mol. The monoisotopic (exact) mass is 436 g/mol. The zero-order valence-electron chi connectivity index (χ0n) is 16.8. The van der Waals surface area contributed by atoms with Gasteiger partial charge in [-0.3, -0.25) is 14.9 Å². The molecule has 0 aliphatic heterocycles. The predicted molar refractivity (Wildman–Crippen MR) is 117 cm³/mol. The van der Waals surface area contributed by atoms with E-state index in [1.54, 1.807) is 24.4 Å². The highest BCUT2D eigenvalue weighted by Gasteiger charge is 2.15. The molecule has 8 heteroatoms. The second kappa shape index (κ2) is 9.44. The van der Waals surface area contributed by atoms with Crippen molar-refractivity contribution in [1.29, 1.82) is 0 Å². The van der Waals surface area contributed by atoms with Gasteiger partial charge in [0.25, 0.3) is 5.91 Å². The molecule has 2 aromatic carbocycles. The Hall–Kier alpha value is -3.65. The first kappa shape index (κ1) is 20.6. The lowest BCUT2D eigenvalue weighted by Crippen LogP contribution is -2.11. The van der Waals surface area contributed by atoms with E-state index < -0.39 is 5.91 Å². The fourth-order valence-electron chi connectivity index (χ4n) is 2.95. The van der Waals surface area contributed by atoms with Gasteiger partial charge >= 0.3 is 5.97 Å². The zero-order valence-corrected chi connectivity index (χ0v) is 17.6. The van der Waals surface area contributed by atoms with Gasteiger partial charge < -0.3 is 13.9 Å². The molecule has 0 bridgehead atoms. The number of carbonyl (C=O) groups excluding carboxylic acids is 2. The minimum Gasteiger partial charge on any atom is -0.486 e. The van der Waals surface area contributed by atoms with Crippen LogP contribution in [0.3, 0.4) is 0 Å². The summed E-state index contributed by atoms with van der Waals surface area (Å²) in [4.78, 5) is 28.2. The molecular weight excluding hydrogens is 416 g/mol. The number of anilines is 1. The number of hydrogen-bond donors (Lipinski definition) is 1. The number of rotatable bonds is 8. The fraction of sp³-hybridized carbons (Fsp3) is 0.174. The van der Waals surface area contributed by atoms with Crippen molar-refractivity contribution in [3.8, 4) is 5.75 Å². The smallest absolute Gasteiger partial charge is 0.311 e. The molecule has 4 rings (SSSR count). The van der Waals surface area contributed by atoms with Crippen molar-refractivity contribution in [2.45, 2.75) is 20.0 Å². The van der Waals surface area contributed by atoms with Crippen LogP contribution in [-0.2, 0) is 22.6 Å². The van der Waals surface area contributed by atoms with Crippen LogP contribution in [0.1, 0.15) is 28.9 Å². The van der Waals surface area contributed by atoms with Crippen LogP contribution in [0, 0.1) is 0 Å². The van der Waals surface area contributed by atoms with E-state index in [0.29, 0.717) is 23.2 Å². The first-order valence-corrected chi connectivity index (χ1v) is 10.6. The SMILES string of the molecule is CCOC(=O)Cc1csc(NC(=O)c2ccc(COc3ccc4ccccc4c3)o2)n1. The molecule has 0 saturated carbocycles. The Bertz CT molecular complexity index is 1210. The molecule has 0 unspecified atom stereocenters. The summed E-state index contributed by atoms with van der Waals surface area (Å²) in [5.74, 6) is 0.625. The molecule has 158 valence electrons. The van der Waals surface area contributed by atoms with Crippen LogP contribution in [0.2, 0.25) is 0 Å². The Morgan fingerprint density at radius 3 is 2.77 bits per heavy atom. The van der Waals surface area contributed by atoms with E-state index in [9.17, 15) is 9.59 Å². The Morgan fingerprint density at radius 2 is 1.94 bits per heavy atom. The van der Waals surface area contributed by atoms with Crippen LogP contribution in [0.5, 0.6) is 5.75 Å². The number of thiazole rings is 1. The van der Waals surface area contributed by atoms with E-state index >= 15 is 0 Å². The second-order valence-electron chi connectivity index (χ2n) is 6.64. The Balaban J connectivity index is 1.33. The number of furan rings is 1. The lowest BCUT2D eigenvalue weighted by atomic mass is 10.1. The molecule has 1 amide bonds. The number of fused-ring (bicyclic) bond motifs is 1. The summed E-state index contributed by atoms with van der Waals surface area (Å²) >= 11 is 1.23. The first-order chi connectivity index (χ1) is 15.1. The number of amides is 1. The molecule has 0 spiro atoms. The highest BCUT2D eigenvalue weighted by molar-refractivity contribution is 7.14. The van der Waals surface area contributed by atoms with Gasteiger partial charge in [0, 0.05) is 5.38 Å². The quantitative estimate of drug-likeness (QED) is 0.398. The van der Waals surface area contributed by atoms with Crippen molar-refractivity contribution < 1.29 is 23.5 Å². The van der Waals surface area contributed by atoms with Crippen molar-refractivity contribution >= 4 is 39.1 Å². The van der Waals surface area contributed by atoms with Crippen molar-refractivity contribution in [3.05, 3.63) is 77.2 Å². The van der Waals surface area contributed by atoms with Crippen molar-refractivity contribution in [2.75, 3.05) is 11.9 Å². The molecule has 1 N–H and O–H groups in total. The van der Waals surface area contributed by atoms with Gasteiger partial charge in [-0.25, -0.2) is 4.98 Å². The topological polar surface area (TPSA) is 90.7 Å². The van der Waals surface area contributed by atoms with Crippen molar-refractivity contribution in [3.63, 3.8) is 0 Å². The van der Waals surface area contributed by atoms with Crippen LogP contribution >= 0.6 is 11.3 Å². The van der Waals surface area contributed by atoms with E-state index in [4.69, 9.17) is 13.9 Å². The van der Waals surface area contributed by atoms with Crippen molar-refractivity contribution in [2.24, 2.45) is 0 Å². The van der Waals surface area contributed by atoms with E-state index in [1.165, 1.54) is 11.3 Å². The minimum absolute atomic E-state index is 0.0667. The maximum atomic E-state index is 12.4. The van der Waals surface area contributed by atoms with Gasteiger partial charge in [0.05, 0.1) is 18.7 Å². The van der Waals surface area contributed by atoms with Crippen molar-refractivity contribution in [1.82, 2.24) is 4.98 Å². The standard InChI is InChI=1S/C23H20N2O5S/c1-2-28-21(26)12-17-14-31-23(24-17)25-22(27)20-10-9-19(30-20)13-29-18-8-7-15-5-3-4-6-16(15)11-18/h3-11,14H,2,12-13H2,1H3,(H,24,25,27). The third-order valence-electron chi connectivity index (χ3n) is 4.39. The van der Waals surface area contributed by atoms with Gasteiger partial charge in [0.1, 0.15) is 18.1 Å². The molecule has 4 aromatic rings. The number of esters is 1. The van der Waals surface area contributed by atoms with Gasteiger partial charge in [-0.1, -0.05) is 30.3 Å². The number of aromatic nitrogens is 1. The molecule has 2 heterocycles. The van der Waals surface area contributed by atoms with Gasteiger partial charge in [0.15, 0.2) is 10.9 Å². The second-order valence-corrected chi connectivity index (χ2v) is 7.50. The van der Waals surface area contributed by atoms with Crippen LogP contribution in [0.25, 0.3) is 10.8 Å². The number of benzene rings is 2. The summed E-state index contributed by atoms with van der Waals surface area (Å²) in [5, 5.41) is 6.99. The summed E-state index contributed by atoms with van der Waals surface area (Å²) in [6, 6.07) is 17.2. The molecule has 0 atom stereocenters. The van der Waals surface area contributed by atoms with Crippen LogP contribution in [-0.4, -0.2) is 23.5 Å². The molecule has 0 radical (unpaired) electrons. The summed E-state index contributed by atoms with van der Waals surface area (Å²) in [6.45, 7) is 2.26.